The first kappa shape index (κ1) is 36.5. The molecule has 0 aromatic heterocycles. The number of aliphatic hydroxyl groups is 5. The molecule has 1 aromatic carbocycles. The number of ketones is 3. The van der Waals surface area contributed by atoms with Gasteiger partial charge < -0.3 is 41.1 Å². The molecule has 4 rings (SSSR count). The topological polar surface area (TPSA) is 222 Å². The molecule has 1 aromatic rings. The molecule has 1 aliphatic carbocycles. The Morgan fingerprint density at radius 1 is 0.717 bits per heavy atom. The second-order valence-corrected chi connectivity index (χ2v) is 12.4. The highest BCUT2D eigenvalue weighted by atomic mass is 16.3. The van der Waals surface area contributed by atoms with Gasteiger partial charge in [0.25, 0.3) is 0 Å². The predicted octanol–water partition coefficient (Wildman–Crippen LogP) is 1.64. The summed E-state index contributed by atoms with van der Waals surface area (Å²) in [5.74, 6) is -9.33. The number of hydrogen-bond acceptors (Lipinski definition) is 11. The summed E-state index contributed by atoms with van der Waals surface area (Å²) in [5, 5.41) is 78.3. The van der Waals surface area contributed by atoms with Gasteiger partial charge in [-0.2, -0.15) is 0 Å². The molecule has 0 saturated carbocycles. The summed E-state index contributed by atoms with van der Waals surface area (Å²) in [7, 11) is 0. The molecule has 12 heteroatoms. The standard InChI is InChI=1S/C34H43NO11/c1-14-9-7-8-10-23(38)35-21-12-22(37)24-25(32(44)19(6)33(45)26(24)34(21)46)28(40)15(2)11-20(13-36)31(43)18(5)30(42)17(4)29(41)16(3)27(14)39/h7-12,14,16-18,20,27,29-31,36,39,41-45H,13H2,1-6H3,(H,35,38). The van der Waals surface area contributed by atoms with Crippen LogP contribution in [0.15, 0.2) is 47.7 Å². The van der Waals surface area contributed by atoms with Crippen LogP contribution in [0.1, 0.15) is 71.3 Å². The molecular formula is C34H43NO11. The third kappa shape index (κ3) is 7.06. The summed E-state index contributed by atoms with van der Waals surface area (Å²) < 4.78 is 0. The quantitative estimate of drug-likeness (QED) is 0.220. The molecule has 0 radical (unpaired) electrons. The van der Waals surface area contributed by atoms with Gasteiger partial charge in [0.05, 0.1) is 53.4 Å². The van der Waals surface area contributed by atoms with Gasteiger partial charge in [-0.15, -0.1) is 0 Å². The Morgan fingerprint density at radius 3 is 1.80 bits per heavy atom. The van der Waals surface area contributed by atoms with E-state index in [9.17, 15) is 54.9 Å². The maximum absolute atomic E-state index is 13.7. The number of benzene rings is 1. The van der Waals surface area contributed by atoms with Gasteiger partial charge in [-0.1, -0.05) is 52.0 Å². The summed E-state index contributed by atoms with van der Waals surface area (Å²) in [4.78, 5) is 53.1. The minimum absolute atomic E-state index is 0.138. The van der Waals surface area contributed by atoms with Crippen molar-refractivity contribution in [2.24, 2.45) is 29.6 Å². The van der Waals surface area contributed by atoms with Gasteiger partial charge in [0.1, 0.15) is 11.5 Å². The van der Waals surface area contributed by atoms with E-state index in [0.717, 1.165) is 12.2 Å². The molecule has 9 unspecified atom stereocenters. The van der Waals surface area contributed by atoms with Crippen molar-refractivity contribution in [2.45, 2.75) is 66.0 Å². The van der Waals surface area contributed by atoms with Gasteiger partial charge in [0.15, 0.2) is 11.6 Å². The average molecular weight is 642 g/mol. The summed E-state index contributed by atoms with van der Waals surface area (Å²) in [6.07, 6.45) is 2.41. The number of aromatic hydroxyl groups is 2. The summed E-state index contributed by atoms with van der Waals surface area (Å²) >= 11 is 0. The number of phenolic OH excluding ortho intramolecular Hbond substituents is 2. The second-order valence-electron chi connectivity index (χ2n) is 12.4. The van der Waals surface area contributed by atoms with Gasteiger partial charge in [-0.25, -0.2) is 0 Å². The van der Waals surface area contributed by atoms with E-state index < -0.39 is 118 Å². The Kier molecular flexibility index (Phi) is 11.6. The van der Waals surface area contributed by atoms with Crippen LogP contribution >= 0.6 is 0 Å². The molecule has 0 fully saturated rings. The number of allylic oxidation sites excluding steroid dienone is 5. The molecule has 2 aliphatic heterocycles. The van der Waals surface area contributed by atoms with Crippen LogP contribution in [0.25, 0.3) is 0 Å². The number of amides is 1. The molecule has 4 bridgehead atoms. The van der Waals surface area contributed by atoms with E-state index in [1.165, 1.54) is 39.0 Å². The summed E-state index contributed by atoms with van der Waals surface area (Å²) in [6, 6.07) is 0. The molecule has 0 saturated heterocycles. The first-order chi connectivity index (χ1) is 21.5. The lowest BCUT2D eigenvalue weighted by molar-refractivity contribution is -0.115. The number of fused-ring (bicyclic) bond motifs is 15. The maximum atomic E-state index is 13.7. The number of hydrogen-bond donors (Lipinski definition) is 8. The number of phenols is 2. The van der Waals surface area contributed by atoms with Crippen LogP contribution in [0.3, 0.4) is 0 Å². The first-order valence-corrected chi connectivity index (χ1v) is 15.1. The SMILES string of the molecule is CC1=CC(CO)C(O)C(C)C(O)C(C)C(O)C(C)C(O)C(C)C=CC=CC(=O)NC2=CC(=O)c3c(c(O)c(C)c(O)c3C2=O)C1=O. The van der Waals surface area contributed by atoms with Crippen LogP contribution in [-0.2, 0) is 4.79 Å². The third-order valence-corrected chi connectivity index (χ3v) is 9.18. The van der Waals surface area contributed by atoms with Crippen molar-refractivity contribution in [2.75, 3.05) is 6.61 Å². The summed E-state index contributed by atoms with van der Waals surface area (Å²) in [5.41, 5.74) is -2.63. The van der Waals surface area contributed by atoms with Crippen LogP contribution in [0.4, 0.5) is 0 Å². The van der Waals surface area contributed by atoms with Crippen molar-refractivity contribution < 1.29 is 54.9 Å². The third-order valence-electron chi connectivity index (χ3n) is 9.18. The monoisotopic (exact) mass is 641 g/mol. The van der Waals surface area contributed by atoms with E-state index >= 15 is 0 Å². The van der Waals surface area contributed by atoms with Gasteiger partial charge in [0.2, 0.25) is 11.7 Å². The minimum Gasteiger partial charge on any atom is -0.507 e. The van der Waals surface area contributed by atoms with Gasteiger partial charge in [-0.3, -0.25) is 19.2 Å². The molecule has 0 spiro atoms. The minimum atomic E-state index is -1.44. The van der Waals surface area contributed by atoms with Crippen molar-refractivity contribution >= 4 is 23.3 Å². The van der Waals surface area contributed by atoms with Gasteiger partial charge in [-0.05, 0) is 19.4 Å². The van der Waals surface area contributed by atoms with E-state index in [1.807, 2.05) is 0 Å². The molecule has 46 heavy (non-hydrogen) atoms. The number of nitrogens with one attached hydrogen (secondary N) is 1. The maximum Gasteiger partial charge on any atom is 0.248 e. The Morgan fingerprint density at radius 2 is 1.24 bits per heavy atom. The normalized spacial score (nSPS) is 31.8. The second kappa shape index (κ2) is 14.7. The van der Waals surface area contributed by atoms with Crippen molar-refractivity contribution in [3.05, 3.63) is 70.0 Å². The molecule has 250 valence electrons. The average Bonchev–Trinajstić information content (AvgIpc) is 3.03. The first-order valence-electron chi connectivity index (χ1n) is 15.1. The fourth-order valence-electron chi connectivity index (χ4n) is 5.99. The Labute approximate surface area is 267 Å². The largest absolute Gasteiger partial charge is 0.507 e. The van der Waals surface area contributed by atoms with Gasteiger partial charge in [0, 0.05) is 47.3 Å². The van der Waals surface area contributed by atoms with Gasteiger partial charge >= 0.3 is 0 Å². The number of rotatable bonds is 1. The number of carbonyl (C=O) groups excluding carboxylic acids is 4. The lowest BCUT2D eigenvalue weighted by Gasteiger charge is -2.37. The fraction of sp³-hybridized carbons (Fsp3) is 0.471. The lowest BCUT2D eigenvalue weighted by Crippen LogP contribution is -2.46. The van der Waals surface area contributed by atoms with Crippen molar-refractivity contribution in [1.29, 1.82) is 0 Å². The van der Waals surface area contributed by atoms with E-state index in [-0.39, 0.29) is 11.1 Å². The van der Waals surface area contributed by atoms with Crippen molar-refractivity contribution in [1.82, 2.24) is 5.32 Å². The zero-order valence-corrected chi connectivity index (χ0v) is 26.6. The Balaban J connectivity index is 2.20. The highest BCUT2D eigenvalue weighted by molar-refractivity contribution is 6.31. The van der Waals surface area contributed by atoms with E-state index in [0.29, 0.717) is 0 Å². The molecule has 12 nitrogen and oxygen atoms in total. The smallest absolute Gasteiger partial charge is 0.248 e. The van der Waals surface area contributed by atoms with Crippen molar-refractivity contribution in [3.8, 4) is 11.5 Å². The number of carbonyl (C=O) groups is 4. The zero-order chi connectivity index (χ0) is 34.8. The molecule has 1 amide bonds. The molecule has 2 heterocycles. The fourth-order valence-corrected chi connectivity index (χ4v) is 5.99. The Hall–Kier alpha value is -3.94. The predicted molar refractivity (Wildman–Crippen MR) is 167 cm³/mol. The highest BCUT2D eigenvalue weighted by Gasteiger charge is 2.39. The van der Waals surface area contributed by atoms with Crippen LogP contribution in [-0.4, -0.2) is 90.0 Å². The molecule has 3 aliphatic rings. The van der Waals surface area contributed by atoms with E-state index in [2.05, 4.69) is 5.32 Å². The Bertz CT molecular complexity index is 1520. The van der Waals surface area contributed by atoms with E-state index in [1.54, 1.807) is 26.8 Å². The zero-order valence-electron chi connectivity index (χ0n) is 26.6. The van der Waals surface area contributed by atoms with Crippen LogP contribution in [0, 0.1) is 36.5 Å². The summed E-state index contributed by atoms with van der Waals surface area (Å²) in [6.45, 7) is 8.21. The molecular weight excluding hydrogens is 598 g/mol. The number of Topliss-reactive ketones (excluding diaryl/α,β-unsaturated/α-hetero) is 2. The van der Waals surface area contributed by atoms with Crippen molar-refractivity contribution in [3.63, 3.8) is 0 Å². The highest BCUT2D eigenvalue weighted by Crippen LogP contribution is 2.41. The molecule has 8 N–H and O–H groups in total. The van der Waals surface area contributed by atoms with E-state index in [4.69, 9.17) is 0 Å². The molecule has 9 atom stereocenters. The van der Waals surface area contributed by atoms with Crippen LogP contribution in [0.2, 0.25) is 0 Å². The van der Waals surface area contributed by atoms with Crippen LogP contribution in [0.5, 0.6) is 11.5 Å². The lowest BCUT2D eigenvalue weighted by atomic mass is 9.76. The number of aliphatic hydroxyl groups excluding tert-OH is 5. The van der Waals surface area contributed by atoms with Crippen LogP contribution < -0.4 is 5.32 Å².